The molecule has 2 rings (SSSR count). The Morgan fingerprint density at radius 3 is 2.46 bits per heavy atom. The van der Waals surface area contributed by atoms with Gasteiger partial charge in [-0.05, 0) is 37.1 Å². The van der Waals surface area contributed by atoms with Crippen LogP contribution in [-0.4, -0.2) is 49.6 Å². The number of rotatable bonds is 5. The van der Waals surface area contributed by atoms with Crippen LogP contribution in [0.5, 0.6) is 0 Å². The lowest BCUT2D eigenvalue weighted by molar-refractivity contribution is -0.136. The Morgan fingerprint density at radius 1 is 1.33 bits per heavy atom. The van der Waals surface area contributed by atoms with Crippen molar-refractivity contribution in [1.82, 2.24) is 4.90 Å². The smallest absolute Gasteiger partial charge is 0.241 e. The molecule has 1 fully saturated rings. The summed E-state index contributed by atoms with van der Waals surface area (Å²) in [5.74, 6) is -0.194. The van der Waals surface area contributed by atoms with Crippen molar-refractivity contribution in [2.45, 2.75) is 18.9 Å². The third-order valence-electron chi connectivity index (χ3n) is 3.95. The molecule has 1 heterocycles. The summed E-state index contributed by atoms with van der Waals surface area (Å²) in [6.45, 7) is 1.31. The number of hydrogen-bond donors (Lipinski definition) is 2. The Labute approximate surface area is 156 Å². The van der Waals surface area contributed by atoms with Crippen LogP contribution in [0.4, 0.5) is 5.69 Å². The lowest BCUT2D eigenvalue weighted by Crippen LogP contribution is -2.49. The van der Waals surface area contributed by atoms with Crippen LogP contribution in [0, 0.1) is 5.92 Å². The molecule has 8 heteroatoms. The quantitative estimate of drug-likeness (QED) is 0.763. The van der Waals surface area contributed by atoms with Crippen LogP contribution in [0.2, 0.25) is 0 Å². The molecule has 3 N–H and O–H groups in total. The second-order valence-corrected chi connectivity index (χ2v) is 6.57. The highest BCUT2D eigenvalue weighted by molar-refractivity contribution is 9.10. The van der Waals surface area contributed by atoms with E-state index in [1.165, 1.54) is 7.11 Å². The Morgan fingerprint density at radius 2 is 1.92 bits per heavy atom. The zero-order chi connectivity index (χ0) is 16.8. The summed E-state index contributed by atoms with van der Waals surface area (Å²) in [7, 11) is 1.52. The van der Waals surface area contributed by atoms with Crippen molar-refractivity contribution < 1.29 is 14.3 Å². The Hall–Kier alpha value is -1.15. The van der Waals surface area contributed by atoms with Crippen molar-refractivity contribution >= 4 is 45.8 Å². The topological polar surface area (TPSA) is 84.7 Å². The molecular weight excluding hydrogens is 398 g/mol. The van der Waals surface area contributed by atoms with Crippen molar-refractivity contribution in [3.05, 3.63) is 28.7 Å². The van der Waals surface area contributed by atoms with Gasteiger partial charge in [-0.3, -0.25) is 9.59 Å². The van der Waals surface area contributed by atoms with Gasteiger partial charge in [0, 0.05) is 36.3 Å². The van der Waals surface area contributed by atoms with E-state index in [2.05, 4.69) is 21.2 Å². The summed E-state index contributed by atoms with van der Waals surface area (Å²) in [5, 5.41) is 2.92. The fourth-order valence-electron chi connectivity index (χ4n) is 2.62. The standard InChI is InChI=1S/C16H22BrN3O3.ClH/c1-23-10-14(18)16(22)20-8-6-11(7-9-20)15(21)19-13-4-2-12(17)3-5-13;/h2-5,11,14H,6-10,18H2,1H3,(H,19,21);1H. The molecule has 1 aromatic rings. The lowest BCUT2D eigenvalue weighted by atomic mass is 9.95. The average molecular weight is 421 g/mol. The number of nitrogens with zero attached hydrogens (tertiary/aromatic N) is 1. The number of hydrogen-bond acceptors (Lipinski definition) is 4. The molecule has 1 saturated heterocycles. The molecule has 2 amide bonds. The van der Waals surface area contributed by atoms with Crippen molar-refractivity contribution in [2.75, 3.05) is 32.1 Å². The molecule has 1 atom stereocenters. The van der Waals surface area contributed by atoms with Crippen LogP contribution < -0.4 is 11.1 Å². The maximum absolute atomic E-state index is 12.3. The summed E-state index contributed by atoms with van der Waals surface area (Å²) in [5.41, 5.74) is 6.54. The number of amides is 2. The average Bonchev–Trinajstić information content (AvgIpc) is 2.56. The second-order valence-electron chi connectivity index (χ2n) is 5.66. The van der Waals surface area contributed by atoms with Gasteiger partial charge in [0.05, 0.1) is 6.61 Å². The van der Waals surface area contributed by atoms with Crippen LogP contribution in [0.15, 0.2) is 28.7 Å². The third kappa shape index (κ3) is 5.73. The maximum Gasteiger partial charge on any atom is 0.241 e. The molecule has 1 aliphatic rings. The Balaban J connectivity index is 0.00000288. The minimum absolute atomic E-state index is 0. The van der Waals surface area contributed by atoms with Gasteiger partial charge >= 0.3 is 0 Å². The highest BCUT2D eigenvalue weighted by Gasteiger charge is 2.29. The van der Waals surface area contributed by atoms with E-state index >= 15 is 0 Å². The SMILES string of the molecule is COCC(N)C(=O)N1CCC(C(=O)Nc2ccc(Br)cc2)CC1.Cl. The van der Waals surface area contributed by atoms with Crippen LogP contribution in [-0.2, 0) is 14.3 Å². The van der Waals surface area contributed by atoms with Gasteiger partial charge in [-0.1, -0.05) is 15.9 Å². The van der Waals surface area contributed by atoms with Gasteiger partial charge in [0.1, 0.15) is 6.04 Å². The van der Waals surface area contributed by atoms with Crippen molar-refractivity contribution in [1.29, 1.82) is 0 Å². The first-order valence-corrected chi connectivity index (χ1v) is 8.40. The van der Waals surface area contributed by atoms with Crippen LogP contribution in [0.3, 0.4) is 0 Å². The molecule has 1 unspecified atom stereocenters. The van der Waals surface area contributed by atoms with Gasteiger partial charge in [-0.2, -0.15) is 0 Å². The van der Waals surface area contributed by atoms with E-state index in [1.807, 2.05) is 24.3 Å². The predicted molar refractivity (Wildman–Crippen MR) is 99.2 cm³/mol. The molecule has 24 heavy (non-hydrogen) atoms. The number of piperidine rings is 1. The van der Waals surface area contributed by atoms with Crippen LogP contribution >= 0.6 is 28.3 Å². The monoisotopic (exact) mass is 419 g/mol. The minimum atomic E-state index is -0.631. The van der Waals surface area contributed by atoms with Crippen LogP contribution in [0.1, 0.15) is 12.8 Å². The van der Waals surface area contributed by atoms with Gasteiger partial charge in [0.25, 0.3) is 0 Å². The van der Waals surface area contributed by atoms with E-state index in [-0.39, 0.29) is 36.7 Å². The summed E-state index contributed by atoms with van der Waals surface area (Å²) in [4.78, 5) is 26.1. The number of carbonyl (C=O) groups is 2. The Bertz CT molecular complexity index is 548. The number of nitrogens with one attached hydrogen (secondary N) is 1. The van der Waals surface area contributed by atoms with Crippen molar-refractivity contribution in [2.24, 2.45) is 11.7 Å². The predicted octanol–water partition coefficient (Wildman–Crippen LogP) is 2.02. The molecule has 1 aliphatic heterocycles. The summed E-state index contributed by atoms with van der Waals surface area (Å²) >= 11 is 3.36. The van der Waals surface area contributed by atoms with Gasteiger partial charge in [-0.15, -0.1) is 12.4 Å². The fourth-order valence-corrected chi connectivity index (χ4v) is 2.89. The summed E-state index contributed by atoms with van der Waals surface area (Å²) in [6.07, 6.45) is 1.29. The lowest BCUT2D eigenvalue weighted by Gasteiger charge is -2.32. The molecule has 6 nitrogen and oxygen atoms in total. The molecule has 0 radical (unpaired) electrons. The van der Waals surface area contributed by atoms with Crippen molar-refractivity contribution in [3.63, 3.8) is 0 Å². The molecule has 134 valence electrons. The first-order valence-electron chi connectivity index (χ1n) is 7.61. The fraction of sp³-hybridized carbons (Fsp3) is 0.500. The molecule has 0 saturated carbocycles. The summed E-state index contributed by atoms with van der Waals surface area (Å²) in [6, 6.07) is 6.84. The molecule has 0 aliphatic carbocycles. The second kappa shape index (κ2) is 9.98. The van der Waals surface area contributed by atoms with E-state index in [0.717, 1.165) is 10.2 Å². The van der Waals surface area contributed by atoms with E-state index in [4.69, 9.17) is 10.5 Å². The number of likely N-dealkylation sites (tertiary alicyclic amines) is 1. The highest BCUT2D eigenvalue weighted by Crippen LogP contribution is 2.21. The maximum atomic E-state index is 12.3. The van der Waals surface area contributed by atoms with Crippen molar-refractivity contribution in [3.8, 4) is 0 Å². The van der Waals surface area contributed by atoms with E-state index in [0.29, 0.717) is 25.9 Å². The highest BCUT2D eigenvalue weighted by atomic mass is 79.9. The minimum Gasteiger partial charge on any atom is -0.383 e. The number of nitrogens with two attached hydrogens (primary N) is 1. The van der Waals surface area contributed by atoms with Gasteiger partial charge in [0.15, 0.2) is 0 Å². The molecule has 0 bridgehead atoms. The van der Waals surface area contributed by atoms with Gasteiger partial charge in [-0.25, -0.2) is 0 Å². The number of benzene rings is 1. The summed E-state index contributed by atoms with van der Waals surface area (Å²) < 4.78 is 5.88. The first kappa shape index (κ1) is 20.9. The molecular formula is C16H23BrClN3O3. The number of anilines is 1. The van der Waals surface area contributed by atoms with Crippen LogP contribution in [0.25, 0.3) is 0 Å². The number of ether oxygens (including phenoxy) is 1. The van der Waals surface area contributed by atoms with E-state index < -0.39 is 6.04 Å². The van der Waals surface area contributed by atoms with Gasteiger partial charge in [0.2, 0.25) is 11.8 Å². The third-order valence-corrected chi connectivity index (χ3v) is 4.48. The van der Waals surface area contributed by atoms with E-state index in [1.54, 1.807) is 4.90 Å². The number of methoxy groups -OCH3 is 1. The Kier molecular flexibility index (Phi) is 8.69. The zero-order valence-electron chi connectivity index (χ0n) is 13.5. The number of halogens is 2. The molecule has 0 aromatic heterocycles. The number of carbonyl (C=O) groups excluding carboxylic acids is 2. The zero-order valence-corrected chi connectivity index (χ0v) is 15.9. The molecule has 0 spiro atoms. The van der Waals surface area contributed by atoms with E-state index in [9.17, 15) is 9.59 Å². The molecule has 1 aromatic carbocycles. The first-order chi connectivity index (χ1) is 11.0. The normalized spacial score (nSPS) is 16.2. The van der Waals surface area contributed by atoms with Gasteiger partial charge < -0.3 is 20.7 Å². The largest absolute Gasteiger partial charge is 0.383 e.